The molecule has 0 aliphatic rings. The van der Waals surface area contributed by atoms with E-state index in [4.69, 9.17) is 37.4 Å². The van der Waals surface area contributed by atoms with Gasteiger partial charge in [0.05, 0.1) is 37.7 Å². The van der Waals surface area contributed by atoms with Crippen molar-refractivity contribution in [1.82, 2.24) is 0 Å². The predicted molar refractivity (Wildman–Crippen MR) is 109 cm³/mol. The number of rotatable bonds is 7. The number of nitrogens with zero attached hydrogens (tertiary/aromatic N) is 1. The van der Waals surface area contributed by atoms with Gasteiger partial charge in [0.15, 0.2) is 0 Å². The number of carbonyl (C=O) groups excluding carboxylic acids is 1. The Morgan fingerprint density at radius 2 is 1.68 bits per heavy atom. The third-order valence-electron chi connectivity index (χ3n) is 3.62. The Kier molecular flexibility index (Phi) is 7.38. The average Bonchev–Trinajstić information content (AvgIpc) is 2.69. The summed E-state index contributed by atoms with van der Waals surface area (Å²) in [5.74, 6) is 0.587. The minimum Gasteiger partial charge on any atom is -0.495 e. The van der Waals surface area contributed by atoms with E-state index in [2.05, 4.69) is 10.6 Å². The molecule has 0 fully saturated rings. The number of ether oxygens (including phenoxy) is 3. The zero-order valence-electron chi connectivity index (χ0n) is 15.3. The van der Waals surface area contributed by atoms with Gasteiger partial charge in [0, 0.05) is 23.4 Å². The standard InChI is InChI=1S/C19H17Cl2N3O4/c1-26-16-5-4-12(20)6-15(16)24-19(25)11(9-22)10-23-14-8-17(27-2)13(21)7-18(14)28-3/h4-8,10,23H,1-3H3,(H,24,25)/b11-10-. The van der Waals surface area contributed by atoms with Crippen LogP contribution < -0.4 is 24.8 Å². The van der Waals surface area contributed by atoms with E-state index < -0.39 is 5.91 Å². The van der Waals surface area contributed by atoms with Crippen LogP contribution in [0.2, 0.25) is 10.0 Å². The second kappa shape index (κ2) is 9.74. The maximum absolute atomic E-state index is 12.5. The molecule has 9 heteroatoms. The maximum Gasteiger partial charge on any atom is 0.267 e. The van der Waals surface area contributed by atoms with Gasteiger partial charge in [-0.15, -0.1) is 0 Å². The number of carbonyl (C=O) groups is 1. The monoisotopic (exact) mass is 421 g/mol. The number of benzene rings is 2. The van der Waals surface area contributed by atoms with Crippen LogP contribution in [0.1, 0.15) is 0 Å². The number of hydrogen-bond donors (Lipinski definition) is 2. The Balaban J connectivity index is 2.26. The van der Waals surface area contributed by atoms with Gasteiger partial charge in [-0.3, -0.25) is 4.79 Å². The van der Waals surface area contributed by atoms with Gasteiger partial charge in [0.2, 0.25) is 0 Å². The van der Waals surface area contributed by atoms with Crippen LogP contribution in [0.4, 0.5) is 11.4 Å². The van der Waals surface area contributed by atoms with Crippen molar-refractivity contribution in [1.29, 1.82) is 5.26 Å². The number of anilines is 2. The summed E-state index contributed by atoms with van der Waals surface area (Å²) in [5, 5.41) is 15.6. The molecule has 0 spiro atoms. The zero-order chi connectivity index (χ0) is 20.7. The molecule has 0 unspecified atom stereocenters. The van der Waals surface area contributed by atoms with Crippen molar-refractivity contribution in [3.8, 4) is 23.3 Å². The fourth-order valence-corrected chi connectivity index (χ4v) is 2.64. The van der Waals surface area contributed by atoms with Gasteiger partial charge in [-0.05, 0) is 18.2 Å². The summed E-state index contributed by atoms with van der Waals surface area (Å²) >= 11 is 12.0. The van der Waals surface area contributed by atoms with Gasteiger partial charge in [0.25, 0.3) is 5.91 Å². The summed E-state index contributed by atoms with van der Waals surface area (Å²) in [6, 6.07) is 9.73. The summed E-state index contributed by atoms with van der Waals surface area (Å²) < 4.78 is 15.6. The molecule has 0 aliphatic carbocycles. The molecule has 28 heavy (non-hydrogen) atoms. The fraction of sp³-hybridized carbons (Fsp3) is 0.158. The molecule has 0 saturated carbocycles. The van der Waals surface area contributed by atoms with Crippen molar-refractivity contribution >= 4 is 40.5 Å². The largest absolute Gasteiger partial charge is 0.495 e. The Morgan fingerprint density at radius 1 is 1.00 bits per heavy atom. The number of nitriles is 1. The van der Waals surface area contributed by atoms with Gasteiger partial charge in [-0.1, -0.05) is 23.2 Å². The van der Waals surface area contributed by atoms with Crippen molar-refractivity contribution in [2.75, 3.05) is 32.0 Å². The normalized spacial score (nSPS) is 10.6. The van der Waals surface area contributed by atoms with E-state index in [0.29, 0.717) is 38.7 Å². The Hall–Kier alpha value is -3.08. The van der Waals surface area contributed by atoms with Gasteiger partial charge in [-0.2, -0.15) is 5.26 Å². The van der Waals surface area contributed by atoms with E-state index >= 15 is 0 Å². The van der Waals surface area contributed by atoms with E-state index in [9.17, 15) is 10.1 Å². The van der Waals surface area contributed by atoms with Crippen LogP contribution in [0.15, 0.2) is 42.1 Å². The molecule has 0 bridgehead atoms. The van der Waals surface area contributed by atoms with Crippen LogP contribution in [0.5, 0.6) is 17.2 Å². The van der Waals surface area contributed by atoms with Gasteiger partial charge >= 0.3 is 0 Å². The quantitative estimate of drug-likeness (QED) is 0.505. The Bertz CT molecular complexity index is 955. The second-order valence-electron chi connectivity index (χ2n) is 5.30. The molecule has 146 valence electrons. The summed E-state index contributed by atoms with van der Waals surface area (Å²) in [5.41, 5.74) is 0.620. The smallest absolute Gasteiger partial charge is 0.267 e. The molecule has 2 aromatic carbocycles. The highest BCUT2D eigenvalue weighted by molar-refractivity contribution is 6.32. The molecule has 0 aromatic heterocycles. The van der Waals surface area contributed by atoms with Crippen LogP contribution in [-0.2, 0) is 4.79 Å². The van der Waals surface area contributed by atoms with E-state index in [0.717, 1.165) is 0 Å². The number of nitrogens with one attached hydrogen (secondary N) is 2. The highest BCUT2D eigenvalue weighted by Crippen LogP contribution is 2.36. The fourth-order valence-electron chi connectivity index (χ4n) is 2.24. The average molecular weight is 422 g/mol. The Morgan fingerprint density at radius 3 is 2.29 bits per heavy atom. The molecule has 1 amide bonds. The van der Waals surface area contributed by atoms with Crippen molar-refractivity contribution in [3.63, 3.8) is 0 Å². The summed E-state index contributed by atoms with van der Waals surface area (Å²) in [6.07, 6.45) is 1.25. The maximum atomic E-state index is 12.5. The minimum absolute atomic E-state index is 0.182. The van der Waals surface area contributed by atoms with Crippen molar-refractivity contribution in [3.05, 3.63) is 52.2 Å². The highest BCUT2D eigenvalue weighted by Gasteiger charge is 2.14. The SMILES string of the molecule is COc1cc(N/C=C(/C#N)C(=O)Nc2cc(Cl)ccc2OC)c(OC)cc1Cl. The molecule has 0 aliphatic heterocycles. The van der Waals surface area contributed by atoms with Gasteiger partial charge in [0.1, 0.15) is 28.9 Å². The minimum atomic E-state index is -0.643. The van der Waals surface area contributed by atoms with Gasteiger partial charge in [-0.25, -0.2) is 0 Å². The molecule has 7 nitrogen and oxygen atoms in total. The van der Waals surface area contributed by atoms with Crippen molar-refractivity contribution in [2.45, 2.75) is 0 Å². The van der Waals surface area contributed by atoms with E-state index in [1.807, 2.05) is 6.07 Å². The first-order valence-electron chi connectivity index (χ1n) is 7.86. The lowest BCUT2D eigenvalue weighted by Gasteiger charge is -2.12. The molecule has 2 aromatic rings. The highest BCUT2D eigenvalue weighted by atomic mass is 35.5. The first-order valence-corrected chi connectivity index (χ1v) is 8.62. The van der Waals surface area contributed by atoms with Crippen molar-refractivity contribution in [2.24, 2.45) is 0 Å². The third kappa shape index (κ3) is 5.00. The summed E-state index contributed by atoms with van der Waals surface area (Å²) in [7, 11) is 4.40. The first-order chi connectivity index (χ1) is 13.4. The van der Waals surface area contributed by atoms with Crippen LogP contribution >= 0.6 is 23.2 Å². The molecule has 0 radical (unpaired) electrons. The molecule has 0 heterocycles. The summed E-state index contributed by atoms with van der Waals surface area (Å²) in [6.45, 7) is 0. The van der Waals surface area contributed by atoms with Crippen LogP contribution in [0.3, 0.4) is 0 Å². The lowest BCUT2D eigenvalue weighted by molar-refractivity contribution is -0.112. The molecule has 2 N–H and O–H groups in total. The molecule has 0 atom stereocenters. The number of amides is 1. The van der Waals surface area contributed by atoms with Crippen LogP contribution in [0, 0.1) is 11.3 Å². The number of methoxy groups -OCH3 is 3. The number of halogens is 2. The molecule has 2 rings (SSSR count). The van der Waals surface area contributed by atoms with Gasteiger partial charge < -0.3 is 24.8 Å². The zero-order valence-corrected chi connectivity index (χ0v) is 16.8. The second-order valence-corrected chi connectivity index (χ2v) is 6.14. The molecular formula is C19H17Cl2N3O4. The topological polar surface area (TPSA) is 92.6 Å². The first kappa shape index (κ1) is 21.2. The predicted octanol–water partition coefficient (Wildman–Crippen LogP) is 4.48. The molecular weight excluding hydrogens is 405 g/mol. The lowest BCUT2D eigenvalue weighted by Crippen LogP contribution is -2.15. The summed E-state index contributed by atoms with van der Waals surface area (Å²) in [4.78, 5) is 12.5. The molecule has 0 saturated heterocycles. The van der Waals surface area contributed by atoms with E-state index in [-0.39, 0.29) is 5.57 Å². The van der Waals surface area contributed by atoms with Crippen molar-refractivity contribution < 1.29 is 19.0 Å². The number of hydrogen-bond acceptors (Lipinski definition) is 6. The van der Waals surface area contributed by atoms with E-state index in [1.165, 1.54) is 33.6 Å². The van der Waals surface area contributed by atoms with Crippen LogP contribution in [-0.4, -0.2) is 27.2 Å². The lowest BCUT2D eigenvalue weighted by atomic mass is 10.2. The van der Waals surface area contributed by atoms with E-state index in [1.54, 1.807) is 24.3 Å². The van der Waals surface area contributed by atoms with Crippen LogP contribution in [0.25, 0.3) is 0 Å². The third-order valence-corrected chi connectivity index (χ3v) is 4.15. The Labute approximate surface area is 172 Å².